The van der Waals surface area contributed by atoms with Gasteiger partial charge < -0.3 is 4.74 Å². The van der Waals surface area contributed by atoms with Gasteiger partial charge in [0.2, 0.25) is 0 Å². The average Bonchev–Trinajstić information content (AvgIpc) is 2.39. The number of ether oxygens (including phenoxy) is 1. The van der Waals surface area contributed by atoms with E-state index in [9.17, 15) is 4.79 Å². The van der Waals surface area contributed by atoms with Crippen molar-refractivity contribution in [1.82, 2.24) is 5.32 Å². The van der Waals surface area contributed by atoms with Crippen LogP contribution >= 0.6 is 0 Å². The van der Waals surface area contributed by atoms with Crippen molar-refractivity contribution in [2.75, 3.05) is 13.2 Å². The molecule has 1 aromatic carbocycles. The fraction of sp³-hybridized carbons (Fsp3) is 0.588. The minimum absolute atomic E-state index is 0.214. The van der Waals surface area contributed by atoms with Crippen LogP contribution in [-0.4, -0.2) is 19.1 Å². The zero-order chi connectivity index (χ0) is 15.3. The Bertz CT molecular complexity index is 468. The van der Waals surface area contributed by atoms with Gasteiger partial charge in [0.05, 0.1) is 6.61 Å². The summed E-state index contributed by atoms with van der Waals surface area (Å²) in [5, 5.41) is 3.39. The Balaban J connectivity index is 3.21. The van der Waals surface area contributed by atoms with Crippen molar-refractivity contribution in [3.63, 3.8) is 0 Å². The van der Waals surface area contributed by atoms with E-state index in [1.807, 2.05) is 27.7 Å². The first-order valence-corrected chi connectivity index (χ1v) is 7.31. The van der Waals surface area contributed by atoms with E-state index in [1.54, 1.807) is 0 Å². The van der Waals surface area contributed by atoms with Crippen LogP contribution in [0.25, 0.3) is 0 Å². The first-order valence-electron chi connectivity index (χ1n) is 7.31. The molecular formula is C17H27NO2. The van der Waals surface area contributed by atoms with Crippen LogP contribution < -0.4 is 5.32 Å². The summed E-state index contributed by atoms with van der Waals surface area (Å²) >= 11 is 0. The standard InChI is InChI=1S/C17H27NO2/c1-7-20-16(19)17(6,18-11-12(2)3)15-10-13(4)8-9-14(15)5/h8-10,12,18H,7,11H2,1-6H3. The fourth-order valence-electron chi connectivity index (χ4n) is 2.24. The molecule has 112 valence electrons. The molecule has 1 N–H and O–H groups in total. The first-order chi connectivity index (χ1) is 9.31. The summed E-state index contributed by atoms with van der Waals surface area (Å²) < 4.78 is 5.29. The zero-order valence-corrected chi connectivity index (χ0v) is 13.5. The summed E-state index contributed by atoms with van der Waals surface area (Å²) in [5.41, 5.74) is 2.45. The molecule has 0 saturated heterocycles. The van der Waals surface area contributed by atoms with E-state index in [0.717, 1.165) is 23.2 Å². The summed E-state index contributed by atoms with van der Waals surface area (Å²) in [4.78, 5) is 12.5. The number of benzene rings is 1. The molecule has 0 aromatic heterocycles. The second-order valence-electron chi connectivity index (χ2n) is 5.94. The third-order valence-corrected chi connectivity index (χ3v) is 3.48. The molecule has 1 atom stereocenters. The van der Waals surface area contributed by atoms with Gasteiger partial charge >= 0.3 is 5.97 Å². The maximum Gasteiger partial charge on any atom is 0.330 e. The predicted octanol–water partition coefficient (Wildman–Crippen LogP) is 3.33. The second kappa shape index (κ2) is 6.89. The lowest BCUT2D eigenvalue weighted by molar-refractivity contribution is -0.151. The smallest absolute Gasteiger partial charge is 0.330 e. The van der Waals surface area contributed by atoms with Crippen LogP contribution in [0.3, 0.4) is 0 Å². The van der Waals surface area contributed by atoms with Crippen LogP contribution in [0.1, 0.15) is 44.4 Å². The monoisotopic (exact) mass is 277 g/mol. The van der Waals surface area contributed by atoms with Crippen LogP contribution in [0.4, 0.5) is 0 Å². The van der Waals surface area contributed by atoms with Gasteiger partial charge in [-0.25, -0.2) is 4.79 Å². The summed E-state index contributed by atoms with van der Waals surface area (Å²) in [7, 11) is 0. The quantitative estimate of drug-likeness (QED) is 0.811. The van der Waals surface area contributed by atoms with Gasteiger partial charge in [0, 0.05) is 0 Å². The molecule has 0 heterocycles. The Morgan fingerprint density at radius 2 is 2.00 bits per heavy atom. The highest BCUT2D eigenvalue weighted by atomic mass is 16.5. The number of carbonyl (C=O) groups is 1. The number of nitrogens with one attached hydrogen (secondary N) is 1. The van der Waals surface area contributed by atoms with E-state index in [-0.39, 0.29) is 5.97 Å². The Morgan fingerprint density at radius 1 is 1.35 bits per heavy atom. The summed E-state index contributed by atoms with van der Waals surface area (Å²) in [6, 6.07) is 6.19. The lowest BCUT2D eigenvalue weighted by atomic mass is 9.87. The van der Waals surface area contributed by atoms with Crippen molar-refractivity contribution in [3.05, 3.63) is 34.9 Å². The number of aryl methyl sites for hydroxylation is 2. The van der Waals surface area contributed by atoms with Crippen molar-refractivity contribution in [2.45, 2.75) is 47.1 Å². The van der Waals surface area contributed by atoms with E-state index in [4.69, 9.17) is 4.74 Å². The minimum atomic E-state index is -0.795. The molecule has 0 aliphatic carbocycles. The fourth-order valence-corrected chi connectivity index (χ4v) is 2.24. The Kier molecular flexibility index (Phi) is 5.75. The lowest BCUT2D eigenvalue weighted by Crippen LogP contribution is -2.49. The normalized spacial score (nSPS) is 14.2. The van der Waals surface area contributed by atoms with Gasteiger partial charge in [0.1, 0.15) is 5.54 Å². The molecule has 0 fully saturated rings. The van der Waals surface area contributed by atoms with Gasteiger partial charge in [-0.05, 0) is 51.3 Å². The maximum absolute atomic E-state index is 12.5. The molecule has 1 rings (SSSR count). The lowest BCUT2D eigenvalue weighted by Gasteiger charge is -2.31. The number of esters is 1. The molecule has 3 nitrogen and oxygen atoms in total. The van der Waals surface area contributed by atoms with Crippen molar-refractivity contribution < 1.29 is 9.53 Å². The van der Waals surface area contributed by atoms with Crippen LogP contribution in [0, 0.1) is 19.8 Å². The Labute approximate surface area is 122 Å². The molecule has 0 amide bonds. The molecule has 20 heavy (non-hydrogen) atoms. The number of rotatable bonds is 6. The van der Waals surface area contributed by atoms with Gasteiger partial charge in [-0.15, -0.1) is 0 Å². The molecule has 1 unspecified atom stereocenters. The molecule has 0 saturated carbocycles. The molecule has 1 aromatic rings. The molecule has 0 spiro atoms. The SMILES string of the molecule is CCOC(=O)C(C)(NCC(C)C)c1cc(C)ccc1C. The molecule has 0 radical (unpaired) electrons. The van der Waals surface area contributed by atoms with Gasteiger partial charge in [0.15, 0.2) is 0 Å². The van der Waals surface area contributed by atoms with Gasteiger partial charge in [-0.1, -0.05) is 37.6 Å². The van der Waals surface area contributed by atoms with Gasteiger partial charge in [-0.2, -0.15) is 0 Å². The van der Waals surface area contributed by atoms with E-state index in [0.29, 0.717) is 12.5 Å². The van der Waals surface area contributed by atoms with E-state index >= 15 is 0 Å². The van der Waals surface area contributed by atoms with Crippen LogP contribution in [-0.2, 0) is 15.1 Å². The molecule has 0 aliphatic rings. The van der Waals surface area contributed by atoms with Crippen molar-refractivity contribution in [3.8, 4) is 0 Å². The highest BCUT2D eigenvalue weighted by molar-refractivity contribution is 5.82. The topological polar surface area (TPSA) is 38.3 Å². The zero-order valence-electron chi connectivity index (χ0n) is 13.5. The summed E-state index contributed by atoms with van der Waals surface area (Å²) in [6.07, 6.45) is 0. The van der Waals surface area contributed by atoms with Gasteiger partial charge in [0.25, 0.3) is 0 Å². The van der Waals surface area contributed by atoms with Gasteiger partial charge in [-0.3, -0.25) is 5.32 Å². The van der Waals surface area contributed by atoms with Crippen LogP contribution in [0.15, 0.2) is 18.2 Å². The largest absolute Gasteiger partial charge is 0.464 e. The van der Waals surface area contributed by atoms with E-state index in [2.05, 4.69) is 37.4 Å². The number of carbonyl (C=O) groups excluding carboxylic acids is 1. The molecule has 0 bridgehead atoms. The average molecular weight is 277 g/mol. The Hall–Kier alpha value is -1.35. The number of hydrogen-bond donors (Lipinski definition) is 1. The molecule has 0 aliphatic heterocycles. The van der Waals surface area contributed by atoms with Crippen molar-refractivity contribution >= 4 is 5.97 Å². The maximum atomic E-state index is 12.5. The van der Waals surface area contributed by atoms with E-state index in [1.165, 1.54) is 0 Å². The predicted molar refractivity (Wildman–Crippen MR) is 82.7 cm³/mol. The third-order valence-electron chi connectivity index (χ3n) is 3.48. The highest BCUT2D eigenvalue weighted by Gasteiger charge is 2.37. The van der Waals surface area contributed by atoms with Crippen LogP contribution in [0.5, 0.6) is 0 Å². The molecular weight excluding hydrogens is 250 g/mol. The van der Waals surface area contributed by atoms with Crippen LogP contribution in [0.2, 0.25) is 0 Å². The first kappa shape index (κ1) is 16.7. The minimum Gasteiger partial charge on any atom is -0.464 e. The summed E-state index contributed by atoms with van der Waals surface area (Å²) in [6.45, 7) is 13.2. The molecule has 3 heteroatoms. The Morgan fingerprint density at radius 3 is 2.55 bits per heavy atom. The third kappa shape index (κ3) is 3.83. The van der Waals surface area contributed by atoms with E-state index < -0.39 is 5.54 Å². The highest BCUT2D eigenvalue weighted by Crippen LogP contribution is 2.27. The van der Waals surface area contributed by atoms with Crippen molar-refractivity contribution in [1.29, 1.82) is 0 Å². The second-order valence-corrected chi connectivity index (χ2v) is 5.94. The number of hydrogen-bond acceptors (Lipinski definition) is 3. The van der Waals surface area contributed by atoms with Crippen molar-refractivity contribution in [2.24, 2.45) is 5.92 Å². The summed E-state index contributed by atoms with van der Waals surface area (Å²) in [5.74, 6) is 0.253.